The number of methoxy groups -OCH3 is 1. The third-order valence-electron chi connectivity index (χ3n) is 4.22. The van der Waals surface area contributed by atoms with Crippen molar-refractivity contribution in [3.05, 3.63) is 0 Å². The van der Waals surface area contributed by atoms with E-state index in [1.165, 1.54) is 7.11 Å². The Labute approximate surface area is 91.4 Å². The summed E-state index contributed by atoms with van der Waals surface area (Å²) < 4.78 is 4.83. The molecule has 0 bridgehead atoms. The summed E-state index contributed by atoms with van der Waals surface area (Å²) in [6.45, 7) is 4.49. The van der Waals surface area contributed by atoms with E-state index in [1.54, 1.807) is 0 Å². The van der Waals surface area contributed by atoms with E-state index in [0.717, 1.165) is 19.3 Å². The van der Waals surface area contributed by atoms with Crippen LogP contribution in [0.5, 0.6) is 0 Å². The van der Waals surface area contributed by atoms with E-state index in [4.69, 9.17) is 10.5 Å². The number of ether oxygens (including phenoxy) is 1. The van der Waals surface area contributed by atoms with E-state index in [9.17, 15) is 4.79 Å². The highest BCUT2D eigenvalue weighted by atomic mass is 16.5. The fraction of sp³-hybridized carbons (Fsp3) is 0.917. The Balaban J connectivity index is 2.06. The number of rotatable bonds is 1. The fourth-order valence-corrected chi connectivity index (χ4v) is 3.46. The Bertz CT molecular complexity index is 275. The first-order valence-corrected chi connectivity index (χ1v) is 5.78. The van der Waals surface area contributed by atoms with Crippen molar-refractivity contribution in [2.24, 2.45) is 28.9 Å². The molecule has 4 atom stereocenters. The first-order valence-electron chi connectivity index (χ1n) is 5.78. The maximum Gasteiger partial charge on any atom is 0.308 e. The van der Waals surface area contributed by atoms with Gasteiger partial charge in [0.05, 0.1) is 13.0 Å². The van der Waals surface area contributed by atoms with Gasteiger partial charge in [-0.3, -0.25) is 4.79 Å². The average Bonchev–Trinajstić information content (AvgIpc) is 2.10. The smallest absolute Gasteiger partial charge is 0.308 e. The maximum atomic E-state index is 11.5. The van der Waals surface area contributed by atoms with Gasteiger partial charge in [-0.15, -0.1) is 0 Å². The number of carbonyl (C=O) groups excluding carboxylic acids is 1. The zero-order valence-electron chi connectivity index (χ0n) is 9.82. The molecule has 3 heteroatoms. The van der Waals surface area contributed by atoms with E-state index < -0.39 is 0 Å². The van der Waals surface area contributed by atoms with Crippen LogP contribution in [0.2, 0.25) is 0 Å². The van der Waals surface area contributed by atoms with Crippen molar-refractivity contribution in [3.63, 3.8) is 0 Å². The van der Waals surface area contributed by atoms with Gasteiger partial charge in [0.1, 0.15) is 0 Å². The highest BCUT2D eigenvalue weighted by molar-refractivity contribution is 5.74. The van der Waals surface area contributed by atoms with Gasteiger partial charge < -0.3 is 10.5 Å². The van der Waals surface area contributed by atoms with Crippen molar-refractivity contribution in [2.75, 3.05) is 7.11 Å². The Morgan fingerprint density at radius 1 is 1.33 bits per heavy atom. The summed E-state index contributed by atoms with van der Waals surface area (Å²) in [5.74, 6) is 1.10. The predicted molar refractivity (Wildman–Crippen MR) is 58.1 cm³/mol. The van der Waals surface area contributed by atoms with Crippen molar-refractivity contribution in [2.45, 2.75) is 39.2 Å². The Hall–Kier alpha value is -0.570. The summed E-state index contributed by atoms with van der Waals surface area (Å²) in [7, 11) is 1.48. The van der Waals surface area contributed by atoms with E-state index in [0.29, 0.717) is 11.8 Å². The number of hydrogen-bond donors (Lipinski definition) is 1. The molecule has 2 aliphatic carbocycles. The molecule has 15 heavy (non-hydrogen) atoms. The normalized spacial score (nSPS) is 42.7. The highest BCUT2D eigenvalue weighted by Gasteiger charge is 2.53. The van der Waals surface area contributed by atoms with Gasteiger partial charge in [-0.2, -0.15) is 0 Å². The van der Waals surface area contributed by atoms with E-state index in [1.807, 2.05) is 0 Å². The summed E-state index contributed by atoms with van der Waals surface area (Å²) in [6, 6.07) is 0.277. The molecule has 0 amide bonds. The van der Waals surface area contributed by atoms with Gasteiger partial charge in [0, 0.05) is 6.04 Å². The Morgan fingerprint density at radius 2 is 2.00 bits per heavy atom. The van der Waals surface area contributed by atoms with Crippen molar-refractivity contribution in [1.82, 2.24) is 0 Å². The molecule has 0 saturated heterocycles. The second kappa shape index (κ2) is 3.48. The lowest BCUT2D eigenvalue weighted by atomic mass is 9.52. The van der Waals surface area contributed by atoms with Gasteiger partial charge in [0.25, 0.3) is 0 Å². The third-order valence-corrected chi connectivity index (χ3v) is 4.22. The number of fused-ring (bicyclic) bond motifs is 1. The van der Waals surface area contributed by atoms with Crippen LogP contribution in [0.4, 0.5) is 0 Å². The number of carbonyl (C=O) groups is 1. The van der Waals surface area contributed by atoms with Crippen LogP contribution in [0.15, 0.2) is 0 Å². The molecule has 2 rings (SSSR count). The molecule has 2 saturated carbocycles. The molecule has 2 N–H and O–H groups in total. The van der Waals surface area contributed by atoms with Crippen molar-refractivity contribution in [1.29, 1.82) is 0 Å². The average molecular weight is 211 g/mol. The predicted octanol–water partition coefficient (Wildman–Crippen LogP) is 1.56. The summed E-state index contributed by atoms with van der Waals surface area (Å²) in [5, 5.41) is 0. The molecule has 2 aliphatic rings. The van der Waals surface area contributed by atoms with Crippen molar-refractivity contribution < 1.29 is 9.53 Å². The summed E-state index contributed by atoms with van der Waals surface area (Å²) in [5.41, 5.74) is 6.43. The van der Waals surface area contributed by atoms with Gasteiger partial charge in [0.15, 0.2) is 0 Å². The summed E-state index contributed by atoms with van der Waals surface area (Å²) >= 11 is 0. The molecule has 0 heterocycles. The Morgan fingerprint density at radius 3 is 2.60 bits per heavy atom. The molecule has 4 unspecified atom stereocenters. The lowest BCUT2D eigenvalue weighted by Gasteiger charge is -2.54. The second-order valence-corrected chi connectivity index (χ2v) is 5.93. The van der Waals surface area contributed by atoms with Crippen molar-refractivity contribution in [3.8, 4) is 0 Å². The molecular formula is C12H21NO2. The van der Waals surface area contributed by atoms with Gasteiger partial charge in [-0.05, 0) is 36.5 Å². The third kappa shape index (κ3) is 1.78. The first-order chi connectivity index (χ1) is 6.94. The summed E-state index contributed by atoms with van der Waals surface area (Å²) in [4.78, 5) is 11.5. The van der Waals surface area contributed by atoms with Gasteiger partial charge in [-0.25, -0.2) is 0 Å². The molecule has 0 spiro atoms. The van der Waals surface area contributed by atoms with E-state index in [2.05, 4.69) is 13.8 Å². The largest absolute Gasteiger partial charge is 0.469 e. The monoisotopic (exact) mass is 211 g/mol. The van der Waals surface area contributed by atoms with E-state index in [-0.39, 0.29) is 23.3 Å². The minimum atomic E-state index is -0.0406. The zero-order valence-corrected chi connectivity index (χ0v) is 9.82. The lowest BCUT2D eigenvalue weighted by Crippen LogP contribution is -2.56. The van der Waals surface area contributed by atoms with Gasteiger partial charge in [0.2, 0.25) is 0 Å². The highest BCUT2D eigenvalue weighted by Crippen LogP contribution is 2.54. The van der Waals surface area contributed by atoms with Gasteiger partial charge in [-0.1, -0.05) is 13.8 Å². The summed E-state index contributed by atoms with van der Waals surface area (Å²) in [6.07, 6.45) is 3.14. The van der Waals surface area contributed by atoms with Crippen LogP contribution < -0.4 is 5.73 Å². The lowest BCUT2D eigenvalue weighted by molar-refractivity contribution is -0.160. The van der Waals surface area contributed by atoms with Crippen LogP contribution in [0, 0.1) is 23.2 Å². The zero-order chi connectivity index (χ0) is 11.2. The molecule has 0 aromatic heterocycles. The maximum absolute atomic E-state index is 11.5. The molecule has 2 fully saturated rings. The topological polar surface area (TPSA) is 52.3 Å². The number of nitrogens with two attached hydrogens (primary N) is 1. The van der Waals surface area contributed by atoms with Crippen LogP contribution in [0.3, 0.4) is 0 Å². The van der Waals surface area contributed by atoms with Crippen LogP contribution in [0.25, 0.3) is 0 Å². The number of esters is 1. The van der Waals surface area contributed by atoms with Crippen LogP contribution in [0.1, 0.15) is 33.1 Å². The fourth-order valence-electron chi connectivity index (χ4n) is 3.46. The van der Waals surface area contributed by atoms with Crippen LogP contribution in [-0.2, 0) is 9.53 Å². The molecule has 0 aliphatic heterocycles. The van der Waals surface area contributed by atoms with Crippen LogP contribution >= 0.6 is 0 Å². The number of hydrogen-bond acceptors (Lipinski definition) is 3. The quantitative estimate of drug-likeness (QED) is 0.670. The van der Waals surface area contributed by atoms with Crippen LogP contribution in [-0.4, -0.2) is 19.1 Å². The first kappa shape index (κ1) is 10.9. The minimum absolute atomic E-state index is 0.0406. The molecule has 0 aromatic carbocycles. The SMILES string of the molecule is COC(=O)C1CC2C(N)CC(C)(C)CC12. The Kier molecular flexibility index (Phi) is 2.53. The van der Waals surface area contributed by atoms with Crippen molar-refractivity contribution >= 4 is 5.97 Å². The molecule has 0 radical (unpaired) electrons. The van der Waals surface area contributed by atoms with Gasteiger partial charge >= 0.3 is 5.97 Å². The molecule has 86 valence electrons. The second-order valence-electron chi connectivity index (χ2n) is 5.93. The van der Waals surface area contributed by atoms with E-state index >= 15 is 0 Å². The standard InChI is InChI=1S/C12H21NO2/c1-12(2)5-9-7(10(13)6-12)4-8(9)11(14)15-3/h7-10H,4-6,13H2,1-3H3. The minimum Gasteiger partial charge on any atom is -0.469 e. The molecule has 0 aromatic rings. The molecular weight excluding hydrogens is 190 g/mol. The molecule has 3 nitrogen and oxygen atoms in total.